The second-order valence-corrected chi connectivity index (χ2v) is 6.09. The van der Waals surface area contributed by atoms with Crippen molar-refractivity contribution in [2.24, 2.45) is 0 Å². The van der Waals surface area contributed by atoms with E-state index in [9.17, 15) is 9.90 Å². The number of benzene rings is 1. The Morgan fingerprint density at radius 1 is 1.25 bits per heavy atom. The van der Waals surface area contributed by atoms with Gasteiger partial charge in [0, 0.05) is 11.4 Å². The maximum absolute atomic E-state index is 11.3. The molecule has 0 aliphatic heterocycles. The smallest absolute Gasteiger partial charge is 0.332 e. The Morgan fingerprint density at radius 2 is 2.04 bits per heavy atom. The number of nitrogens with one attached hydrogen (secondary N) is 1. The number of carbonyl (C=O) groups is 1. The minimum absolute atomic E-state index is 0.320. The minimum Gasteiger partial charge on any atom is -0.493 e. The van der Waals surface area contributed by atoms with Gasteiger partial charge in [-0.15, -0.1) is 11.3 Å². The van der Waals surface area contributed by atoms with Gasteiger partial charge in [0.15, 0.2) is 11.5 Å². The van der Waals surface area contributed by atoms with Crippen LogP contribution in [0.1, 0.15) is 10.4 Å². The molecule has 1 aromatic heterocycles. The van der Waals surface area contributed by atoms with E-state index in [4.69, 9.17) is 9.47 Å². The van der Waals surface area contributed by atoms with Crippen molar-refractivity contribution in [3.05, 3.63) is 51.7 Å². The number of carboxylic acid groups (broad SMARTS) is 1. The molecule has 1 heterocycles. The van der Waals surface area contributed by atoms with E-state index in [0.717, 1.165) is 16.9 Å². The summed E-state index contributed by atoms with van der Waals surface area (Å²) in [6.45, 7) is 0.991. The second-order valence-electron chi connectivity index (χ2n) is 5.11. The molecule has 6 heteroatoms. The quantitative estimate of drug-likeness (QED) is 0.539. The fraction of sp³-hybridized carbons (Fsp3) is 0.278. The van der Waals surface area contributed by atoms with E-state index in [1.807, 2.05) is 35.7 Å². The van der Waals surface area contributed by atoms with Crippen molar-refractivity contribution in [2.75, 3.05) is 27.3 Å². The first-order valence-corrected chi connectivity index (χ1v) is 8.41. The van der Waals surface area contributed by atoms with Gasteiger partial charge in [-0.3, -0.25) is 0 Å². The molecule has 0 unspecified atom stereocenters. The lowest BCUT2D eigenvalue weighted by Gasteiger charge is -2.10. The van der Waals surface area contributed by atoms with E-state index in [-0.39, 0.29) is 0 Å². The molecular formula is C18H21NO4S. The Labute approximate surface area is 145 Å². The van der Waals surface area contributed by atoms with Crippen molar-refractivity contribution in [2.45, 2.75) is 6.42 Å². The number of hydrogen-bond donors (Lipinski definition) is 2. The lowest BCUT2D eigenvalue weighted by Crippen LogP contribution is -2.23. The van der Waals surface area contributed by atoms with Crippen LogP contribution >= 0.6 is 11.3 Å². The molecule has 0 atom stereocenters. The summed E-state index contributed by atoms with van der Waals surface area (Å²) in [4.78, 5) is 12.2. The van der Waals surface area contributed by atoms with Gasteiger partial charge in [0.25, 0.3) is 0 Å². The van der Waals surface area contributed by atoms with E-state index in [1.165, 1.54) is 11.3 Å². The van der Waals surface area contributed by atoms with Gasteiger partial charge in [0.1, 0.15) is 0 Å². The zero-order chi connectivity index (χ0) is 17.4. The summed E-state index contributed by atoms with van der Waals surface area (Å²) >= 11 is 1.52. The summed E-state index contributed by atoms with van der Waals surface area (Å²) in [7, 11) is 3.21. The molecule has 0 bridgehead atoms. The number of aliphatic carboxylic acids is 1. The van der Waals surface area contributed by atoms with Crippen LogP contribution in [-0.2, 0) is 11.2 Å². The maximum Gasteiger partial charge on any atom is 0.332 e. The second kappa shape index (κ2) is 9.10. The molecule has 2 aromatic rings. The van der Waals surface area contributed by atoms with Crippen LogP contribution in [0.3, 0.4) is 0 Å². The zero-order valence-corrected chi connectivity index (χ0v) is 14.6. The molecule has 0 spiro atoms. The van der Waals surface area contributed by atoms with Gasteiger partial charge >= 0.3 is 5.97 Å². The first kappa shape index (κ1) is 18.0. The first-order valence-electron chi connectivity index (χ1n) is 7.53. The van der Waals surface area contributed by atoms with Crippen LogP contribution in [0.2, 0.25) is 0 Å². The molecule has 2 rings (SSSR count). The Balaban J connectivity index is 1.88. The van der Waals surface area contributed by atoms with Crippen LogP contribution in [0.4, 0.5) is 0 Å². The third-order valence-corrected chi connectivity index (χ3v) is 4.31. The van der Waals surface area contributed by atoms with Crippen molar-refractivity contribution >= 4 is 23.4 Å². The van der Waals surface area contributed by atoms with E-state index >= 15 is 0 Å². The van der Waals surface area contributed by atoms with Crippen LogP contribution in [-0.4, -0.2) is 38.4 Å². The predicted octanol–water partition coefficient (Wildman–Crippen LogP) is 3.07. The van der Waals surface area contributed by atoms with Gasteiger partial charge in [-0.05, 0) is 48.2 Å². The molecule has 5 nitrogen and oxygen atoms in total. The van der Waals surface area contributed by atoms with Crippen LogP contribution in [0.5, 0.6) is 11.5 Å². The van der Waals surface area contributed by atoms with E-state index < -0.39 is 5.97 Å². The molecule has 128 valence electrons. The summed E-state index contributed by atoms with van der Waals surface area (Å²) in [6, 6.07) is 9.58. The Kier molecular flexibility index (Phi) is 6.84. The topological polar surface area (TPSA) is 67.8 Å². The van der Waals surface area contributed by atoms with Crippen molar-refractivity contribution < 1.29 is 19.4 Å². The van der Waals surface area contributed by atoms with E-state index in [2.05, 4.69) is 5.32 Å². The van der Waals surface area contributed by atoms with Crippen molar-refractivity contribution in [1.29, 1.82) is 0 Å². The molecule has 0 saturated heterocycles. The molecule has 0 aliphatic rings. The van der Waals surface area contributed by atoms with E-state index in [0.29, 0.717) is 30.2 Å². The summed E-state index contributed by atoms with van der Waals surface area (Å²) in [5.74, 6) is 0.488. The summed E-state index contributed by atoms with van der Waals surface area (Å²) in [6.07, 6.45) is 2.47. The van der Waals surface area contributed by atoms with Crippen molar-refractivity contribution in [1.82, 2.24) is 5.32 Å². The molecule has 0 aliphatic carbocycles. The third-order valence-electron chi connectivity index (χ3n) is 3.49. The van der Waals surface area contributed by atoms with Crippen LogP contribution in [0.25, 0.3) is 6.08 Å². The fourth-order valence-corrected chi connectivity index (χ4v) is 2.91. The molecule has 24 heavy (non-hydrogen) atoms. The first-order chi connectivity index (χ1) is 11.6. The van der Waals surface area contributed by atoms with Crippen LogP contribution in [0, 0.1) is 0 Å². The number of methoxy groups -OCH3 is 2. The SMILES string of the molecule is COc1ccc(CCNCC(=Cc2cccs2)C(=O)O)cc1OC. The summed E-state index contributed by atoms with van der Waals surface area (Å²) in [5.41, 5.74) is 1.45. The molecule has 0 radical (unpaired) electrons. The largest absolute Gasteiger partial charge is 0.493 e. The molecular weight excluding hydrogens is 326 g/mol. The average molecular weight is 347 g/mol. The van der Waals surface area contributed by atoms with Crippen molar-refractivity contribution in [3.63, 3.8) is 0 Å². The average Bonchev–Trinajstić information content (AvgIpc) is 3.10. The monoisotopic (exact) mass is 347 g/mol. The molecule has 0 amide bonds. The highest BCUT2D eigenvalue weighted by Crippen LogP contribution is 2.27. The summed E-state index contributed by atoms with van der Waals surface area (Å²) < 4.78 is 10.5. The lowest BCUT2D eigenvalue weighted by molar-refractivity contribution is -0.132. The Hall–Kier alpha value is -2.31. The molecule has 2 N–H and O–H groups in total. The maximum atomic E-state index is 11.3. The normalized spacial score (nSPS) is 11.3. The number of ether oxygens (including phenoxy) is 2. The van der Waals surface area contributed by atoms with Gasteiger partial charge in [-0.25, -0.2) is 4.79 Å². The highest BCUT2D eigenvalue weighted by atomic mass is 32.1. The fourth-order valence-electron chi connectivity index (χ4n) is 2.23. The van der Waals surface area contributed by atoms with Crippen molar-refractivity contribution in [3.8, 4) is 11.5 Å². The van der Waals surface area contributed by atoms with Crippen LogP contribution < -0.4 is 14.8 Å². The minimum atomic E-state index is -0.901. The van der Waals surface area contributed by atoms with Gasteiger partial charge < -0.3 is 19.9 Å². The zero-order valence-electron chi connectivity index (χ0n) is 13.7. The molecule has 0 fully saturated rings. The number of thiophene rings is 1. The third kappa shape index (κ3) is 5.11. The highest BCUT2D eigenvalue weighted by molar-refractivity contribution is 7.10. The summed E-state index contributed by atoms with van der Waals surface area (Å²) in [5, 5.41) is 14.4. The highest BCUT2D eigenvalue weighted by Gasteiger charge is 2.08. The van der Waals surface area contributed by atoms with Gasteiger partial charge in [-0.2, -0.15) is 0 Å². The lowest BCUT2D eigenvalue weighted by atomic mass is 10.1. The van der Waals surface area contributed by atoms with E-state index in [1.54, 1.807) is 20.3 Å². The van der Waals surface area contributed by atoms with Gasteiger partial charge in [0.2, 0.25) is 0 Å². The molecule has 0 saturated carbocycles. The Bertz CT molecular complexity index is 695. The molecule has 1 aromatic carbocycles. The standard InChI is InChI=1S/C18H21NO4S/c1-22-16-6-5-13(10-17(16)23-2)7-8-19-12-14(18(20)21)11-15-4-3-9-24-15/h3-6,9-11,19H,7-8,12H2,1-2H3,(H,20,21). The predicted molar refractivity (Wildman–Crippen MR) is 96.1 cm³/mol. The van der Waals surface area contributed by atoms with Gasteiger partial charge in [0.05, 0.1) is 19.8 Å². The van der Waals surface area contributed by atoms with Crippen LogP contribution in [0.15, 0.2) is 41.3 Å². The number of rotatable bonds is 9. The van der Waals surface area contributed by atoms with Gasteiger partial charge in [-0.1, -0.05) is 12.1 Å². The number of carboxylic acids is 1. The number of hydrogen-bond acceptors (Lipinski definition) is 5. The Morgan fingerprint density at radius 3 is 2.67 bits per heavy atom.